The predicted molar refractivity (Wildman–Crippen MR) is 345 cm³/mol. The molecule has 4 aromatic rings. The molecule has 5 fully saturated rings. The number of halogens is 4. The fraction of sp³-hybridized carbons (Fsp3) is 0.531. The summed E-state index contributed by atoms with van der Waals surface area (Å²) in [5.74, 6) is -4.16. The second-order valence-corrected chi connectivity index (χ2v) is 24.5. The number of benzene rings is 4. The summed E-state index contributed by atoms with van der Waals surface area (Å²) in [7, 11) is 0.889. The number of carbonyl (C=O) groups excluding carboxylic acids is 4. The van der Waals surface area contributed by atoms with E-state index in [4.69, 9.17) is 34.2 Å². The first-order valence-electron chi connectivity index (χ1n) is 30.2. The lowest BCUT2D eigenvalue weighted by molar-refractivity contribution is -0.445. The molecule has 0 atom stereocenters. The molecule has 0 unspecified atom stereocenters. The zero-order chi connectivity index (χ0) is 68.5. The fourth-order valence-electron chi connectivity index (χ4n) is 9.59. The van der Waals surface area contributed by atoms with Crippen molar-refractivity contribution in [2.24, 2.45) is 0 Å². The summed E-state index contributed by atoms with van der Waals surface area (Å²) >= 11 is 0. The van der Waals surface area contributed by atoms with Gasteiger partial charge in [-0.25, -0.2) is 41.5 Å². The van der Waals surface area contributed by atoms with E-state index in [1.54, 1.807) is 47.6 Å². The van der Waals surface area contributed by atoms with Crippen LogP contribution >= 0.6 is 0 Å². The molecular weight excluding hydrogens is 1220 g/mol. The number of nitrogens with zero attached hydrogens (tertiary/aromatic N) is 8. The number of aliphatic hydroxyl groups is 1. The number of rotatable bonds is 8. The number of aromatic carboxylic acids is 2. The number of hydrogen-bond acceptors (Lipinski definition) is 18. The summed E-state index contributed by atoms with van der Waals surface area (Å²) in [6.45, 7) is 27.6. The maximum atomic E-state index is 13.2. The van der Waals surface area contributed by atoms with Gasteiger partial charge in [0.1, 0.15) is 40.1 Å². The molecule has 29 heteroatoms. The molecule has 0 aliphatic carbocycles. The van der Waals surface area contributed by atoms with Crippen LogP contribution in [0.5, 0.6) is 0 Å². The topological polar surface area (TPSA) is 278 Å². The van der Waals surface area contributed by atoms with Crippen LogP contribution in [-0.4, -0.2) is 222 Å². The highest BCUT2D eigenvalue weighted by Crippen LogP contribution is 2.28. The van der Waals surface area contributed by atoms with Gasteiger partial charge in [-0.2, -0.15) is 0 Å². The van der Waals surface area contributed by atoms with Gasteiger partial charge in [0, 0.05) is 154 Å². The van der Waals surface area contributed by atoms with Crippen molar-refractivity contribution in [2.45, 2.75) is 98.6 Å². The van der Waals surface area contributed by atoms with Crippen molar-refractivity contribution in [2.75, 3.05) is 145 Å². The van der Waals surface area contributed by atoms with Crippen molar-refractivity contribution in [3.8, 4) is 0 Å². The van der Waals surface area contributed by atoms with Crippen molar-refractivity contribution in [1.29, 1.82) is 0 Å². The molecule has 3 radical (unpaired) electrons. The maximum Gasteiger partial charge on any atom is 0.410 e. The van der Waals surface area contributed by atoms with Gasteiger partial charge in [-0.3, -0.25) is 14.9 Å². The highest BCUT2D eigenvalue weighted by molar-refractivity contribution is 5.95. The second-order valence-electron chi connectivity index (χ2n) is 24.5. The Balaban J connectivity index is 0.000000309. The Kier molecular flexibility index (Phi) is 31.6. The monoisotopic (exact) mass is 1310 g/mol. The van der Waals surface area contributed by atoms with E-state index in [9.17, 15) is 56.5 Å². The fourth-order valence-corrected chi connectivity index (χ4v) is 9.59. The number of anilines is 4. The minimum absolute atomic E-state index is 0. The van der Waals surface area contributed by atoms with E-state index in [2.05, 4.69) is 5.32 Å². The number of amides is 3. The minimum atomic E-state index is -1.17. The van der Waals surface area contributed by atoms with Gasteiger partial charge >= 0.3 is 30.2 Å². The van der Waals surface area contributed by atoms with E-state index in [1.165, 1.54) is 61.4 Å². The number of nitro groups is 1. The Morgan fingerprint density at radius 3 is 1.14 bits per heavy atom. The molecule has 9 rings (SSSR count). The molecule has 5 aliphatic rings. The molecule has 5 heterocycles. The number of carbonyl (C=O) groups is 6. The molecule has 3 amide bonds. The van der Waals surface area contributed by atoms with Crippen LogP contribution in [0.15, 0.2) is 72.8 Å². The van der Waals surface area contributed by atoms with E-state index >= 15 is 0 Å². The summed E-state index contributed by atoms with van der Waals surface area (Å²) in [6.07, 6.45) is 2.18. The molecule has 0 bridgehead atoms. The number of hydrogen-bond donors (Lipinski definition) is 4. The van der Waals surface area contributed by atoms with Crippen LogP contribution < -0.4 is 24.9 Å². The van der Waals surface area contributed by atoms with Crippen LogP contribution in [0, 0.1) is 33.4 Å². The number of nitrogens with one attached hydrogen (secondary N) is 1. The Labute approximate surface area is 543 Å². The maximum absolute atomic E-state index is 13.2. The molecular formula is C64H89BF4N9O15. The van der Waals surface area contributed by atoms with Crippen LogP contribution in [0.4, 0.5) is 54.7 Å². The van der Waals surface area contributed by atoms with E-state index in [0.29, 0.717) is 113 Å². The number of ether oxygens (including phenoxy) is 4. The van der Waals surface area contributed by atoms with Crippen LogP contribution in [-0.2, 0) is 25.6 Å². The third kappa shape index (κ3) is 27.7. The summed E-state index contributed by atoms with van der Waals surface area (Å²) in [5.41, 5.74) is 1.83. The zero-order valence-corrected chi connectivity index (χ0v) is 54.8. The van der Waals surface area contributed by atoms with Crippen LogP contribution in [0.3, 0.4) is 0 Å². The molecule has 0 spiro atoms. The van der Waals surface area contributed by atoms with Crippen molar-refractivity contribution in [1.82, 2.24) is 20.0 Å². The second kappa shape index (κ2) is 37.3. The summed E-state index contributed by atoms with van der Waals surface area (Å²) in [4.78, 5) is 90.4. The van der Waals surface area contributed by atoms with Gasteiger partial charge in [-0.1, -0.05) is 0 Å². The first-order chi connectivity index (χ1) is 43.2. The highest BCUT2D eigenvalue weighted by Gasteiger charge is 2.31. The molecule has 4 aromatic carbocycles. The van der Waals surface area contributed by atoms with Crippen molar-refractivity contribution >= 4 is 67.7 Å². The quantitative estimate of drug-likeness (QED) is 0.0320. The first kappa shape index (κ1) is 78.8. The average molecular weight is 1310 g/mol. The molecule has 5 aliphatic heterocycles. The zero-order valence-electron chi connectivity index (χ0n) is 54.8. The third-order valence-electron chi connectivity index (χ3n) is 13.8. The molecule has 0 aromatic heterocycles. The van der Waals surface area contributed by atoms with Crippen molar-refractivity contribution in [3.05, 3.63) is 128 Å². The van der Waals surface area contributed by atoms with Gasteiger partial charge in [0.15, 0.2) is 13.3 Å². The van der Waals surface area contributed by atoms with E-state index in [0.717, 1.165) is 64.3 Å². The predicted octanol–water partition coefficient (Wildman–Crippen LogP) is 8.89. The number of piperazine rings is 4. The highest BCUT2D eigenvalue weighted by atomic mass is 19.1. The number of aldehydes is 1. The van der Waals surface area contributed by atoms with Crippen molar-refractivity contribution in [3.63, 3.8) is 0 Å². The lowest BCUT2D eigenvalue weighted by atomic mass is 10.1. The average Bonchev–Trinajstić information content (AvgIpc) is 1.31. The van der Waals surface area contributed by atoms with Crippen LogP contribution in [0.1, 0.15) is 112 Å². The van der Waals surface area contributed by atoms with Crippen molar-refractivity contribution < 1.29 is 85.5 Å². The molecule has 24 nitrogen and oxygen atoms in total. The standard InChI is InChI=1S/C16H21FN2O4.C16H23FN2O3.C16H21FN2O3.C11H13FN2O2.C4H8O.CH3NO2.B/c1-16(2,3)23-15(22)19-8-6-18(7-9-19)13-5-4-11(17)10-12(13)14(20)21;2*1-16(2,3)22-15(21)19-8-6-18(7-9-19)14-5-4-13(17)10-12(14)11-20;12-8-1-2-10(9(7-8)11(15)16)14-5-3-13-4-6-14;1-2-4-5-3-1;1-2(3)4;/h4-5,10H,6-9H2,1-3H3,(H,20,21);4-5,10,20H,6-9,11H2,1-3H3;4-5,10-11H,6-9H2,1-3H3;1-2,7,13H,3-6H2,(H,15,16);1-4H2;1H3;. The van der Waals surface area contributed by atoms with Gasteiger partial charge in [0.25, 0.3) is 0 Å². The summed E-state index contributed by atoms with van der Waals surface area (Å²) in [6, 6.07) is 16.2. The molecule has 93 heavy (non-hydrogen) atoms. The lowest BCUT2D eigenvalue weighted by Crippen LogP contribution is -2.50. The smallest absolute Gasteiger partial charge is 0.410 e. The molecule has 0 saturated carbocycles. The number of aliphatic hydroxyl groups excluding tert-OH is 1. The Hall–Kier alpha value is -8.44. The van der Waals surface area contributed by atoms with Gasteiger partial charge in [-0.05, 0) is 148 Å². The van der Waals surface area contributed by atoms with Crippen LogP contribution in [0.25, 0.3) is 0 Å². The molecule has 5 saturated heterocycles. The van der Waals surface area contributed by atoms with E-state index in [-0.39, 0.29) is 50.2 Å². The molecule has 4 N–H and O–H groups in total. The van der Waals surface area contributed by atoms with E-state index in [1.807, 2.05) is 61.1 Å². The van der Waals surface area contributed by atoms with Gasteiger partial charge in [0.2, 0.25) is 0 Å². The number of carboxylic acid groups (broad SMARTS) is 2. The Morgan fingerprint density at radius 1 is 0.527 bits per heavy atom. The molecule has 511 valence electrons. The van der Waals surface area contributed by atoms with Gasteiger partial charge in [0.05, 0.1) is 29.1 Å². The normalized spacial score (nSPS) is 15.6. The summed E-state index contributed by atoms with van der Waals surface area (Å²) in [5, 5.41) is 39.6. The number of carboxylic acids is 2. The largest absolute Gasteiger partial charge is 0.478 e. The Bertz CT molecular complexity index is 3070. The van der Waals surface area contributed by atoms with Crippen LogP contribution in [0.2, 0.25) is 0 Å². The van der Waals surface area contributed by atoms with Gasteiger partial charge < -0.3 is 73.9 Å². The van der Waals surface area contributed by atoms with E-state index < -0.39 is 51.1 Å². The SMILES string of the molecule is C1CCOC1.CC(C)(C)OC(=O)N1CCN(c2ccc(F)cc2C(=O)O)CC1.CC(C)(C)OC(=O)N1CCN(c2ccc(F)cc2C=O)CC1.CC(C)(C)OC(=O)N1CCN(c2ccc(F)cc2CO)CC1.C[N+](=O)[O-].O=C(O)c1cc(F)ccc1N1CCNCC1.[B]. The third-order valence-corrected chi connectivity index (χ3v) is 13.8. The Morgan fingerprint density at radius 2 is 0.828 bits per heavy atom. The first-order valence-corrected chi connectivity index (χ1v) is 30.2. The minimum Gasteiger partial charge on any atom is -0.478 e. The summed E-state index contributed by atoms with van der Waals surface area (Å²) < 4.78 is 73.6. The lowest BCUT2D eigenvalue weighted by Gasteiger charge is -2.37. The van der Waals surface area contributed by atoms with Gasteiger partial charge in [-0.15, -0.1) is 0 Å².